The van der Waals surface area contributed by atoms with E-state index < -0.39 is 0 Å². The smallest absolute Gasteiger partial charge is 0.239 e. The maximum absolute atomic E-state index is 11.9. The third-order valence-corrected chi connectivity index (χ3v) is 4.68. The van der Waals surface area contributed by atoms with Crippen molar-refractivity contribution < 1.29 is 14.7 Å². The zero-order valence-electron chi connectivity index (χ0n) is 13.6. The van der Waals surface area contributed by atoms with Gasteiger partial charge in [0.15, 0.2) is 0 Å². The molecular weight excluding hydrogens is 282 g/mol. The van der Waals surface area contributed by atoms with Gasteiger partial charge in [-0.3, -0.25) is 9.59 Å². The van der Waals surface area contributed by atoms with E-state index in [1.54, 1.807) is 4.90 Å². The van der Waals surface area contributed by atoms with Crippen molar-refractivity contribution in [1.29, 1.82) is 0 Å². The number of amides is 2. The first-order chi connectivity index (χ1) is 10.6. The number of nitrogens with zero attached hydrogens (tertiary/aromatic N) is 2. The molecule has 6 nitrogen and oxygen atoms in total. The molecule has 1 atom stereocenters. The maximum Gasteiger partial charge on any atom is 0.239 e. The summed E-state index contributed by atoms with van der Waals surface area (Å²) in [6.45, 7) is 6.97. The minimum Gasteiger partial charge on any atom is -0.396 e. The Hall–Kier alpha value is -1.14. The van der Waals surface area contributed by atoms with E-state index in [1.807, 2.05) is 0 Å². The number of aliphatic hydroxyl groups is 1. The van der Waals surface area contributed by atoms with Crippen LogP contribution in [0.4, 0.5) is 0 Å². The van der Waals surface area contributed by atoms with Gasteiger partial charge in [0.2, 0.25) is 11.8 Å². The van der Waals surface area contributed by atoms with Crippen LogP contribution in [0, 0.1) is 11.8 Å². The predicted molar refractivity (Wildman–Crippen MR) is 84.2 cm³/mol. The van der Waals surface area contributed by atoms with Gasteiger partial charge in [-0.1, -0.05) is 6.92 Å². The highest BCUT2D eigenvalue weighted by Crippen LogP contribution is 2.17. The summed E-state index contributed by atoms with van der Waals surface area (Å²) < 4.78 is 0. The zero-order chi connectivity index (χ0) is 15.9. The average Bonchev–Trinajstić information content (AvgIpc) is 2.91. The lowest BCUT2D eigenvalue weighted by Crippen LogP contribution is -2.43. The number of carbonyl (C=O) groups is 2. The summed E-state index contributed by atoms with van der Waals surface area (Å²) in [5, 5.41) is 12.1. The second-order valence-electron chi connectivity index (χ2n) is 6.75. The van der Waals surface area contributed by atoms with Gasteiger partial charge < -0.3 is 20.2 Å². The molecule has 2 rings (SSSR count). The number of nitrogens with one attached hydrogen (secondary N) is 1. The molecule has 2 aliphatic heterocycles. The zero-order valence-corrected chi connectivity index (χ0v) is 13.6. The molecule has 126 valence electrons. The highest BCUT2D eigenvalue weighted by atomic mass is 16.3. The summed E-state index contributed by atoms with van der Waals surface area (Å²) in [6, 6.07) is 0. The first-order valence-corrected chi connectivity index (χ1v) is 8.46. The predicted octanol–water partition coefficient (Wildman–Crippen LogP) is 0.0654. The number of rotatable bonds is 7. The number of hydrogen-bond acceptors (Lipinski definition) is 4. The van der Waals surface area contributed by atoms with E-state index >= 15 is 0 Å². The van der Waals surface area contributed by atoms with E-state index in [2.05, 4.69) is 17.1 Å². The second-order valence-corrected chi connectivity index (χ2v) is 6.75. The van der Waals surface area contributed by atoms with Crippen LogP contribution in [0.15, 0.2) is 0 Å². The van der Waals surface area contributed by atoms with Crippen molar-refractivity contribution in [3.63, 3.8) is 0 Å². The molecule has 0 aromatic rings. The molecule has 0 saturated carbocycles. The van der Waals surface area contributed by atoms with Crippen LogP contribution in [0.1, 0.15) is 32.6 Å². The Morgan fingerprint density at radius 3 is 2.68 bits per heavy atom. The fourth-order valence-corrected chi connectivity index (χ4v) is 3.23. The van der Waals surface area contributed by atoms with Gasteiger partial charge in [0.25, 0.3) is 0 Å². The Balaban J connectivity index is 1.60. The molecule has 2 aliphatic rings. The summed E-state index contributed by atoms with van der Waals surface area (Å²) >= 11 is 0. The lowest BCUT2D eigenvalue weighted by Gasteiger charge is -2.33. The molecule has 0 aromatic carbocycles. The molecule has 0 radical (unpaired) electrons. The Labute approximate surface area is 132 Å². The summed E-state index contributed by atoms with van der Waals surface area (Å²) in [7, 11) is 0. The van der Waals surface area contributed by atoms with Gasteiger partial charge in [0.1, 0.15) is 0 Å². The number of carbonyl (C=O) groups excluding carboxylic acids is 2. The van der Waals surface area contributed by atoms with Crippen molar-refractivity contribution >= 4 is 11.8 Å². The molecule has 2 saturated heterocycles. The summed E-state index contributed by atoms with van der Waals surface area (Å²) in [6.07, 6.45) is 3.62. The van der Waals surface area contributed by atoms with Gasteiger partial charge >= 0.3 is 0 Å². The van der Waals surface area contributed by atoms with Crippen molar-refractivity contribution in [2.75, 3.05) is 45.9 Å². The van der Waals surface area contributed by atoms with E-state index in [-0.39, 0.29) is 25.0 Å². The standard InChI is InChI=1S/C16H29N3O3/c1-13(12-20)10-18-7-4-14(5-8-18)9-17-15(21)11-19-6-2-3-16(19)22/h13-14,20H,2-12H2,1H3,(H,17,21)/t13-/m0/s1. The van der Waals surface area contributed by atoms with Crippen LogP contribution in [0.2, 0.25) is 0 Å². The summed E-state index contributed by atoms with van der Waals surface area (Å²) in [5.41, 5.74) is 0. The third-order valence-electron chi connectivity index (χ3n) is 4.68. The molecule has 0 aliphatic carbocycles. The Morgan fingerprint density at radius 1 is 1.36 bits per heavy atom. The molecule has 0 bridgehead atoms. The van der Waals surface area contributed by atoms with E-state index in [9.17, 15) is 9.59 Å². The van der Waals surface area contributed by atoms with Gasteiger partial charge in [-0.15, -0.1) is 0 Å². The van der Waals surface area contributed by atoms with Crippen LogP contribution in [-0.4, -0.2) is 72.6 Å². The molecule has 2 amide bonds. The van der Waals surface area contributed by atoms with E-state index in [0.717, 1.165) is 38.9 Å². The Bertz CT molecular complexity index is 381. The normalized spacial score (nSPS) is 22.1. The summed E-state index contributed by atoms with van der Waals surface area (Å²) in [5.74, 6) is 0.918. The number of aliphatic hydroxyl groups excluding tert-OH is 1. The molecule has 6 heteroatoms. The number of likely N-dealkylation sites (tertiary alicyclic amines) is 2. The van der Waals surface area contributed by atoms with Crippen molar-refractivity contribution in [3.8, 4) is 0 Å². The molecule has 0 unspecified atom stereocenters. The first kappa shape index (κ1) is 17.2. The van der Waals surface area contributed by atoms with Crippen molar-refractivity contribution in [1.82, 2.24) is 15.1 Å². The fraction of sp³-hybridized carbons (Fsp3) is 0.875. The van der Waals surface area contributed by atoms with Gasteiger partial charge in [-0.05, 0) is 44.2 Å². The van der Waals surface area contributed by atoms with Gasteiger partial charge in [0.05, 0.1) is 6.54 Å². The van der Waals surface area contributed by atoms with Crippen LogP contribution in [0.3, 0.4) is 0 Å². The quantitative estimate of drug-likeness (QED) is 0.698. The lowest BCUT2D eigenvalue weighted by atomic mass is 9.96. The monoisotopic (exact) mass is 311 g/mol. The van der Waals surface area contributed by atoms with Crippen LogP contribution in [0.25, 0.3) is 0 Å². The number of hydrogen-bond donors (Lipinski definition) is 2. The van der Waals surface area contributed by atoms with E-state index in [1.165, 1.54) is 0 Å². The maximum atomic E-state index is 11.9. The lowest BCUT2D eigenvalue weighted by molar-refractivity contribution is -0.133. The van der Waals surface area contributed by atoms with E-state index in [0.29, 0.717) is 31.3 Å². The van der Waals surface area contributed by atoms with Crippen molar-refractivity contribution in [2.24, 2.45) is 11.8 Å². The fourth-order valence-electron chi connectivity index (χ4n) is 3.23. The van der Waals surface area contributed by atoms with Crippen LogP contribution >= 0.6 is 0 Å². The molecule has 0 aromatic heterocycles. The highest BCUT2D eigenvalue weighted by molar-refractivity contribution is 5.85. The second kappa shape index (κ2) is 8.48. The molecule has 0 spiro atoms. The van der Waals surface area contributed by atoms with Crippen LogP contribution in [-0.2, 0) is 9.59 Å². The minimum atomic E-state index is -0.0356. The minimum absolute atomic E-state index is 0.0356. The molecular formula is C16H29N3O3. The van der Waals surface area contributed by atoms with Gasteiger partial charge in [-0.25, -0.2) is 0 Å². The Morgan fingerprint density at radius 2 is 2.09 bits per heavy atom. The molecule has 2 fully saturated rings. The Kier molecular flexibility index (Phi) is 6.64. The molecule has 2 heterocycles. The van der Waals surface area contributed by atoms with Crippen LogP contribution in [0.5, 0.6) is 0 Å². The number of piperidine rings is 1. The van der Waals surface area contributed by atoms with Crippen molar-refractivity contribution in [2.45, 2.75) is 32.6 Å². The largest absolute Gasteiger partial charge is 0.396 e. The first-order valence-electron chi connectivity index (χ1n) is 8.46. The average molecular weight is 311 g/mol. The van der Waals surface area contributed by atoms with Gasteiger partial charge in [-0.2, -0.15) is 0 Å². The van der Waals surface area contributed by atoms with Gasteiger partial charge in [0, 0.05) is 32.7 Å². The summed E-state index contributed by atoms with van der Waals surface area (Å²) in [4.78, 5) is 27.4. The molecule has 22 heavy (non-hydrogen) atoms. The topological polar surface area (TPSA) is 72.9 Å². The third kappa shape index (κ3) is 5.25. The SMILES string of the molecule is C[C@H](CO)CN1CCC(CNC(=O)CN2CCCC2=O)CC1. The van der Waals surface area contributed by atoms with Crippen molar-refractivity contribution in [3.05, 3.63) is 0 Å². The highest BCUT2D eigenvalue weighted by Gasteiger charge is 2.24. The molecule has 2 N–H and O–H groups in total. The van der Waals surface area contributed by atoms with Crippen LogP contribution < -0.4 is 5.32 Å². The van der Waals surface area contributed by atoms with E-state index in [4.69, 9.17) is 5.11 Å².